The summed E-state index contributed by atoms with van der Waals surface area (Å²) >= 11 is 0. The van der Waals surface area contributed by atoms with Gasteiger partial charge in [-0.15, -0.1) is 0 Å². The smallest absolute Gasteiger partial charge is 0.0947 e. The number of hydrogen-bond donors (Lipinski definition) is 1. The molecule has 0 saturated carbocycles. The molecule has 1 aliphatic rings. The number of halogens is 1. The summed E-state index contributed by atoms with van der Waals surface area (Å²) in [5.41, 5.74) is 9.83. The van der Waals surface area contributed by atoms with Crippen molar-refractivity contribution in [2.24, 2.45) is 5.92 Å². The maximum Gasteiger partial charge on any atom is 0.0947 e. The van der Waals surface area contributed by atoms with Gasteiger partial charge in [0.15, 0.2) is 0 Å². The number of aryl methyl sites for hydroxylation is 1. The fourth-order valence-corrected chi connectivity index (χ4v) is 5.10. The molecule has 1 fully saturated rings. The van der Waals surface area contributed by atoms with Gasteiger partial charge in [-0.1, -0.05) is 80.2 Å². The van der Waals surface area contributed by atoms with Gasteiger partial charge in [0.1, 0.15) is 0 Å². The molecule has 1 saturated heterocycles. The van der Waals surface area contributed by atoms with Crippen molar-refractivity contribution in [3.05, 3.63) is 107 Å². The largest absolute Gasteiger partial charge is 0.388 e. The van der Waals surface area contributed by atoms with Crippen LogP contribution in [-0.2, 0) is 6.42 Å². The highest BCUT2D eigenvalue weighted by Gasteiger charge is 2.25. The topological polar surface area (TPSA) is 15.3 Å². The van der Waals surface area contributed by atoms with Crippen LogP contribution >= 0.6 is 0 Å². The molecule has 2 nitrogen and oxygen atoms in total. The number of nitrogens with zero attached hydrogens (tertiary/aromatic N) is 1. The van der Waals surface area contributed by atoms with Crippen LogP contribution < -0.4 is 5.32 Å². The molecule has 1 heterocycles. The number of rotatable bonds is 11. The van der Waals surface area contributed by atoms with Crippen LogP contribution in [0.3, 0.4) is 0 Å². The standard InChI is InChI=1S/C32H37FN2/c1-4-26-20-29(17-18-31(26)34-3)32(30(5-2)27-11-7-6-8-12-27)28-15-13-24(14-16-28)10-9-19-35-22-25(21-33)23-35/h4,6-8,11-18,20,25,34H,1,5,9-10,19,21-23H2,2-3H3/b32-30+. The lowest BCUT2D eigenvalue weighted by atomic mass is 9.87. The van der Waals surface area contributed by atoms with Crippen LogP contribution in [0.1, 0.15) is 47.6 Å². The van der Waals surface area contributed by atoms with E-state index in [1.54, 1.807) is 0 Å². The fourth-order valence-electron chi connectivity index (χ4n) is 5.10. The van der Waals surface area contributed by atoms with Crippen molar-refractivity contribution in [2.75, 3.05) is 38.7 Å². The highest BCUT2D eigenvalue weighted by molar-refractivity contribution is 5.99. The molecule has 0 spiro atoms. The van der Waals surface area contributed by atoms with Gasteiger partial charge in [-0.05, 0) is 76.9 Å². The molecule has 3 aromatic carbocycles. The van der Waals surface area contributed by atoms with E-state index in [9.17, 15) is 4.39 Å². The Kier molecular flexibility index (Phi) is 8.54. The van der Waals surface area contributed by atoms with E-state index >= 15 is 0 Å². The quantitative estimate of drug-likeness (QED) is 0.292. The molecule has 4 rings (SSSR count). The molecule has 0 aromatic heterocycles. The second-order valence-corrected chi connectivity index (χ2v) is 9.41. The van der Waals surface area contributed by atoms with Crippen LogP contribution in [0, 0.1) is 5.92 Å². The van der Waals surface area contributed by atoms with E-state index in [1.165, 1.54) is 33.4 Å². The van der Waals surface area contributed by atoms with E-state index in [0.717, 1.165) is 50.1 Å². The molecule has 0 aliphatic carbocycles. The second-order valence-electron chi connectivity index (χ2n) is 9.41. The molecule has 35 heavy (non-hydrogen) atoms. The van der Waals surface area contributed by atoms with Crippen LogP contribution in [-0.4, -0.2) is 38.3 Å². The Labute approximate surface area is 210 Å². The van der Waals surface area contributed by atoms with Crippen molar-refractivity contribution in [3.63, 3.8) is 0 Å². The minimum Gasteiger partial charge on any atom is -0.388 e. The first-order chi connectivity index (χ1) is 17.2. The van der Waals surface area contributed by atoms with Gasteiger partial charge < -0.3 is 10.2 Å². The number of alkyl halides is 1. The number of allylic oxidation sites excluding steroid dienone is 1. The van der Waals surface area contributed by atoms with Gasteiger partial charge in [-0.25, -0.2) is 0 Å². The third-order valence-electron chi connectivity index (χ3n) is 7.04. The molecule has 182 valence electrons. The molecular weight excluding hydrogens is 431 g/mol. The van der Waals surface area contributed by atoms with Crippen molar-refractivity contribution in [2.45, 2.75) is 26.2 Å². The first-order valence-electron chi connectivity index (χ1n) is 12.8. The summed E-state index contributed by atoms with van der Waals surface area (Å²) in [6.07, 6.45) is 5.01. The molecule has 0 radical (unpaired) electrons. The maximum absolute atomic E-state index is 12.7. The lowest BCUT2D eigenvalue weighted by Gasteiger charge is -2.37. The first kappa shape index (κ1) is 24.9. The molecule has 0 unspecified atom stereocenters. The summed E-state index contributed by atoms with van der Waals surface area (Å²) in [4.78, 5) is 2.36. The van der Waals surface area contributed by atoms with E-state index in [-0.39, 0.29) is 12.6 Å². The number of hydrogen-bond acceptors (Lipinski definition) is 2. The van der Waals surface area contributed by atoms with Gasteiger partial charge in [0, 0.05) is 31.7 Å². The fraction of sp³-hybridized carbons (Fsp3) is 0.312. The number of anilines is 1. The van der Waals surface area contributed by atoms with Crippen molar-refractivity contribution in [3.8, 4) is 0 Å². The molecule has 1 N–H and O–H groups in total. The number of nitrogens with one attached hydrogen (secondary N) is 1. The van der Waals surface area contributed by atoms with Gasteiger partial charge in [0.2, 0.25) is 0 Å². The van der Waals surface area contributed by atoms with Crippen molar-refractivity contribution in [1.29, 1.82) is 0 Å². The number of likely N-dealkylation sites (tertiary alicyclic amines) is 1. The summed E-state index contributed by atoms with van der Waals surface area (Å²) in [5.74, 6) is 0.264. The monoisotopic (exact) mass is 468 g/mol. The maximum atomic E-state index is 12.7. The van der Waals surface area contributed by atoms with Crippen molar-refractivity contribution >= 4 is 22.9 Å². The molecule has 3 heteroatoms. The van der Waals surface area contributed by atoms with Gasteiger partial charge in [-0.3, -0.25) is 4.39 Å². The molecule has 0 amide bonds. The molecule has 0 bridgehead atoms. The van der Waals surface area contributed by atoms with Crippen LogP contribution in [0.25, 0.3) is 17.2 Å². The van der Waals surface area contributed by atoms with Gasteiger partial charge >= 0.3 is 0 Å². The summed E-state index contributed by atoms with van der Waals surface area (Å²) in [5, 5.41) is 3.27. The lowest BCUT2D eigenvalue weighted by Crippen LogP contribution is -2.47. The predicted octanol–water partition coefficient (Wildman–Crippen LogP) is 7.57. The third kappa shape index (κ3) is 5.91. The Morgan fingerprint density at radius 3 is 2.34 bits per heavy atom. The van der Waals surface area contributed by atoms with Gasteiger partial charge in [-0.2, -0.15) is 0 Å². The average molecular weight is 469 g/mol. The second kappa shape index (κ2) is 12.0. The van der Waals surface area contributed by atoms with E-state index in [2.05, 4.69) is 96.5 Å². The zero-order valence-electron chi connectivity index (χ0n) is 21.1. The average Bonchev–Trinajstić information content (AvgIpc) is 2.89. The normalized spacial score (nSPS) is 14.8. The summed E-state index contributed by atoms with van der Waals surface area (Å²) in [6.45, 7) is 8.98. The Bertz CT molecular complexity index is 1140. The highest BCUT2D eigenvalue weighted by atomic mass is 19.1. The summed E-state index contributed by atoms with van der Waals surface area (Å²) in [7, 11) is 1.94. The SMILES string of the molecule is C=Cc1cc(/C(=C(\CC)c2ccccc2)c2ccc(CCCN3CC(CF)C3)cc2)ccc1NC. The Hall–Kier alpha value is -3.17. The third-order valence-corrected chi connectivity index (χ3v) is 7.04. The first-order valence-corrected chi connectivity index (χ1v) is 12.8. The summed E-state index contributed by atoms with van der Waals surface area (Å²) in [6, 6.07) is 26.4. The lowest BCUT2D eigenvalue weighted by molar-refractivity contribution is 0.0801. The van der Waals surface area contributed by atoms with Crippen LogP contribution in [0.2, 0.25) is 0 Å². The minimum atomic E-state index is -0.178. The van der Waals surface area contributed by atoms with Gasteiger partial charge in [0.25, 0.3) is 0 Å². The molecule has 0 atom stereocenters. The predicted molar refractivity (Wildman–Crippen MR) is 149 cm³/mol. The Morgan fingerprint density at radius 1 is 1.00 bits per heavy atom. The van der Waals surface area contributed by atoms with E-state index < -0.39 is 0 Å². The molecule has 1 aliphatic heterocycles. The zero-order valence-corrected chi connectivity index (χ0v) is 21.1. The van der Waals surface area contributed by atoms with Crippen LogP contribution in [0.4, 0.5) is 10.1 Å². The van der Waals surface area contributed by atoms with Gasteiger partial charge in [0.05, 0.1) is 6.67 Å². The van der Waals surface area contributed by atoms with E-state index in [0.29, 0.717) is 0 Å². The zero-order chi connectivity index (χ0) is 24.6. The van der Waals surface area contributed by atoms with Crippen molar-refractivity contribution < 1.29 is 4.39 Å². The minimum absolute atomic E-state index is 0.178. The highest BCUT2D eigenvalue weighted by Crippen LogP contribution is 2.36. The Morgan fingerprint density at radius 2 is 1.71 bits per heavy atom. The van der Waals surface area contributed by atoms with Crippen molar-refractivity contribution in [1.82, 2.24) is 4.90 Å². The van der Waals surface area contributed by atoms with E-state index in [1.807, 2.05) is 13.1 Å². The van der Waals surface area contributed by atoms with Crippen LogP contribution in [0.5, 0.6) is 0 Å². The summed E-state index contributed by atoms with van der Waals surface area (Å²) < 4.78 is 12.7. The van der Waals surface area contributed by atoms with E-state index in [4.69, 9.17) is 0 Å². The number of benzene rings is 3. The van der Waals surface area contributed by atoms with Crippen LogP contribution in [0.15, 0.2) is 79.4 Å². The Balaban J connectivity index is 1.63. The molecule has 3 aromatic rings. The molecular formula is C32H37FN2.